The van der Waals surface area contributed by atoms with Crippen molar-refractivity contribution >= 4 is 17.5 Å². The number of aliphatic hydroxyl groups is 1. The Morgan fingerprint density at radius 3 is 2.96 bits per heavy atom. The largest absolute Gasteiger partial charge is 0.394 e. The topological polar surface area (TPSA) is 109 Å². The number of pyridine rings is 1. The number of carbonyl (C=O) groups is 1. The van der Waals surface area contributed by atoms with E-state index in [2.05, 4.69) is 25.6 Å². The average Bonchev–Trinajstić information content (AvgIpc) is 2.67. The van der Waals surface area contributed by atoms with Crippen LogP contribution in [-0.4, -0.2) is 58.8 Å². The number of ether oxygens (including phenoxy) is 1. The van der Waals surface area contributed by atoms with Gasteiger partial charge in [0, 0.05) is 20.1 Å². The van der Waals surface area contributed by atoms with E-state index >= 15 is 0 Å². The Morgan fingerprint density at radius 1 is 1.36 bits per heavy atom. The molecule has 2 aromatic heterocycles. The van der Waals surface area contributed by atoms with Crippen molar-refractivity contribution in [3.8, 4) is 11.4 Å². The predicted molar refractivity (Wildman–Crippen MR) is 91.2 cm³/mol. The van der Waals surface area contributed by atoms with Crippen molar-refractivity contribution in [2.75, 3.05) is 26.7 Å². The number of morpholine rings is 1. The number of aromatic nitrogens is 3. The van der Waals surface area contributed by atoms with Gasteiger partial charge in [-0.15, -0.1) is 0 Å². The first-order valence-electron chi connectivity index (χ1n) is 7.79. The maximum absolute atomic E-state index is 11.7. The zero-order valence-corrected chi connectivity index (χ0v) is 14.3. The molecule has 25 heavy (non-hydrogen) atoms. The van der Waals surface area contributed by atoms with E-state index in [1.807, 2.05) is 6.07 Å². The number of aliphatic hydroxyl groups excluding tert-OH is 1. The fourth-order valence-electron chi connectivity index (χ4n) is 2.59. The third-order valence-corrected chi connectivity index (χ3v) is 4.03. The minimum atomic E-state index is -0.309. The highest BCUT2D eigenvalue weighted by atomic mass is 35.5. The summed E-state index contributed by atoms with van der Waals surface area (Å²) in [5, 5.41) is 15.3. The first kappa shape index (κ1) is 17.7. The van der Waals surface area contributed by atoms with Gasteiger partial charge in [-0.3, -0.25) is 4.79 Å². The summed E-state index contributed by atoms with van der Waals surface area (Å²) in [6.07, 6.45) is 0.779. The molecule has 1 amide bonds. The lowest BCUT2D eigenvalue weighted by Crippen LogP contribution is -2.42. The fourth-order valence-corrected chi connectivity index (χ4v) is 2.81. The van der Waals surface area contributed by atoms with Crippen LogP contribution in [-0.2, 0) is 4.74 Å². The van der Waals surface area contributed by atoms with Gasteiger partial charge in [0.1, 0.15) is 17.2 Å². The van der Waals surface area contributed by atoms with E-state index < -0.39 is 0 Å². The number of hydrogen-bond acceptors (Lipinski definition) is 7. The smallest absolute Gasteiger partial charge is 0.269 e. The molecular formula is C16H18ClN5O3. The highest BCUT2D eigenvalue weighted by molar-refractivity contribution is 6.29. The summed E-state index contributed by atoms with van der Waals surface area (Å²) in [6, 6.07) is 5.09. The number of amides is 1. The maximum atomic E-state index is 11.7. The molecule has 9 heteroatoms. The predicted octanol–water partition coefficient (Wildman–Crippen LogP) is 0.573. The third kappa shape index (κ3) is 4.10. The molecule has 0 bridgehead atoms. The molecule has 3 heterocycles. The molecule has 0 aromatic carbocycles. The minimum absolute atomic E-state index is 0.0590. The molecule has 1 saturated heterocycles. The van der Waals surface area contributed by atoms with Crippen molar-refractivity contribution in [1.82, 2.24) is 25.6 Å². The summed E-state index contributed by atoms with van der Waals surface area (Å²) < 4.78 is 5.85. The summed E-state index contributed by atoms with van der Waals surface area (Å²) in [5.74, 6) is -0.309. The van der Waals surface area contributed by atoms with E-state index in [-0.39, 0.29) is 30.4 Å². The first-order valence-corrected chi connectivity index (χ1v) is 8.17. The van der Waals surface area contributed by atoms with Gasteiger partial charge in [0.05, 0.1) is 30.2 Å². The van der Waals surface area contributed by atoms with Crippen LogP contribution in [0.3, 0.4) is 0 Å². The standard InChI is InChI=1S/C16H18ClN5O3/c1-18-16(24)13-4-11(20-8-21-13)12-2-9(3-15(17)22-12)14-6-19-5-10(7-23)25-14/h2-4,8,10,14,19,23H,5-7H2,1H3,(H,18,24). The zero-order valence-electron chi connectivity index (χ0n) is 13.6. The van der Waals surface area contributed by atoms with E-state index in [4.69, 9.17) is 16.3 Å². The van der Waals surface area contributed by atoms with Gasteiger partial charge in [-0.05, 0) is 23.8 Å². The molecule has 2 unspecified atom stereocenters. The number of halogens is 1. The summed E-state index contributed by atoms with van der Waals surface area (Å²) in [5.41, 5.74) is 2.07. The number of carbonyl (C=O) groups excluding carboxylic acids is 1. The molecule has 3 rings (SSSR count). The number of nitrogens with zero attached hydrogens (tertiary/aromatic N) is 3. The van der Waals surface area contributed by atoms with Gasteiger partial charge in [0.15, 0.2) is 0 Å². The first-order chi connectivity index (χ1) is 12.1. The van der Waals surface area contributed by atoms with Crippen LogP contribution >= 0.6 is 11.6 Å². The molecule has 2 atom stereocenters. The van der Waals surface area contributed by atoms with Gasteiger partial charge >= 0.3 is 0 Å². The van der Waals surface area contributed by atoms with Gasteiger partial charge in [-0.2, -0.15) is 0 Å². The van der Waals surface area contributed by atoms with E-state index in [9.17, 15) is 9.90 Å². The molecule has 1 aliphatic rings. The Kier molecular flexibility index (Phi) is 5.54. The van der Waals surface area contributed by atoms with E-state index in [0.717, 1.165) is 5.56 Å². The molecule has 8 nitrogen and oxygen atoms in total. The minimum Gasteiger partial charge on any atom is -0.394 e. The molecule has 3 N–H and O–H groups in total. The van der Waals surface area contributed by atoms with Gasteiger partial charge in [0.25, 0.3) is 5.91 Å². The fraction of sp³-hybridized carbons (Fsp3) is 0.375. The van der Waals surface area contributed by atoms with Gasteiger partial charge in [-0.1, -0.05) is 11.6 Å². The SMILES string of the molecule is CNC(=O)c1cc(-c2cc(C3CNCC(CO)O3)cc(Cl)n2)ncn1. The van der Waals surface area contributed by atoms with Crippen molar-refractivity contribution in [2.45, 2.75) is 12.2 Å². The number of rotatable bonds is 4. The lowest BCUT2D eigenvalue weighted by Gasteiger charge is -2.30. The lowest BCUT2D eigenvalue weighted by atomic mass is 10.1. The molecule has 0 spiro atoms. The van der Waals surface area contributed by atoms with Crippen LogP contribution in [0.5, 0.6) is 0 Å². The molecular weight excluding hydrogens is 346 g/mol. The Bertz CT molecular complexity index is 773. The Morgan fingerprint density at radius 2 is 2.20 bits per heavy atom. The lowest BCUT2D eigenvalue weighted by molar-refractivity contribution is -0.0620. The Labute approximate surface area is 149 Å². The number of hydrogen-bond donors (Lipinski definition) is 3. The van der Waals surface area contributed by atoms with Crippen LogP contribution in [0.15, 0.2) is 24.5 Å². The van der Waals surface area contributed by atoms with Crippen LogP contribution in [0.2, 0.25) is 5.15 Å². The average molecular weight is 364 g/mol. The molecule has 0 radical (unpaired) electrons. The van der Waals surface area contributed by atoms with Crippen molar-refractivity contribution in [3.63, 3.8) is 0 Å². The van der Waals surface area contributed by atoms with Crippen LogP contribution < -0.4 is 10.6 Å². The molecule has 132 valence electrons. The molecule has 0 aliphatic carbocycles. The van der Waals surface area contributed by atoms with Crippen LogP contribution in [0.25, 0.3) is 11.4 Å². The van der Waals surface area contributed by atoms with Gasteiger partial charge in [-0.25, -0.2) is 15.0 Å². The summed E-state index contributed by atoms with van der Waals surface area (Å²) in [7, 11) is 1.53. The monoisotopic (exact) mass is 363 g/mol. The second kappa shape index (κ2) is 7.83. The molecule has 0 saturated carbocycles. The Hall–Kier alpha value is -2.13. The normalized spacial score (nSPS) is 20.3. The molecule has 1 fully saturated rings. The van der Waals surface area contributed by atoms with Crippen LogP contribution in [0, 0.1) is 0 Å². The quantitative estimate of drug-likeness (QED) is 0.681. The van der Waals surface area contributed by atoms with E-state index in [0.29, 0.717) is 29.6 Å². The van der Waals surface area contributed by atoms with Crippen molar-refractivity contribution in [1.29, 1.82) is 0 Å². The van der Waals surface area contributed by atoms with Crippen molar-refractivity contribution < 1.29 is 14.6 Å². The van der Waals surface area contributed by atoms with Gasteiger partial charge in [0.2, 0.25) is 0 Å². The van der Waals surface area contributed by atoms with Crippen molar-refractivity contribution in [3.05, 3.63) is 40.9 Å². The third-order valence-electron chi connectivity index (χ3n) is 3.84. The van der Waals surface area contributed by atoms with Crippen LogP contribution in [0.4, 0.5) is 0 Å². The highest BCUT2D eigenvalue weighted by Crippen LogP contribution is 2.27. The number of nitrogens with one attached hydrogen (secondary N) is 2. The van der Waals surface area contributed by atoms with Crippen molar-refractivity contribution in [2.24, 2.45) is 0 Å². The zero-order chi connectivity index (χ0) is 17.8. The highest BCUT2D eigenvalue weighted by Gasteiger charge is 2.24. The van der Waals surface area contributed by atoms with Gasteiger partial charge < -0.3 is 20.5 Å². The molecule has 2 aromatic rings. The summed E-state index contributed by atoms with van der Waals surface area (Å²) >= 11 is 6.16. The maximum Gasteiger partial charge on any atom is 0.269 e. The summed E-state index contributed by atoms with van der Waals surface area (Å²) in [4.78, 5) is 24.2. The Balaban J connectivity index is 1.93. The summed E-state index contributed by atoms with van der Waals surface area (Å²) in [6.45, 7) is 1.14. The van der Waals surface area contributed by atoms with E-state index in [1.165, 1.54) is 13.4 Å². The molecule has 1 aliphatic heterocycles. The second-order valence-corrected chi connectivity index (χ2v) is 5.95. The van der Waals surface area contributed by atoms with Crippen LogP contribution in [0.1, 0.15) is 22.2 Å². The van der Waals surface area contributed by atoms with E-state index in [1.54, 1.807) is 12.1 Å². The second-order valence-electron chi connectivity index (χ2n) is 5.56.